The quantitative estimate of drug-likeness (QED) is 0.643. The fourth-order valence-electron chi connectivity index (χ4n) is 3.83. The van der Waals surface area contributed by atoms with Gasteiger partial charge in [-0.3, -0.25) is 10.2 Å². The van der Waals surface area contributed by atoms with Crippen molar-refractivity contribution < 1.29 is 19.4 Å². The first kappa shape index (κ1) is 26.4. The third-order valence-corrected chi connectivity index (χ3v) is 5.62. The van der Waals surface area contributed by atoms with Crippen molar-refractivity contribution in [3.8, 4) is 11.8 Å². The van der Waals surface area contributed by atoms with E-state index in [1.807, 2.05) is 52.0 Å². The summed E-state index contributed by atoms with van der Waals surface area (Å²) in [5.74, 6) is 5.29. The Morgan fingerprint density at radius 2 is 1.77 bits per heavy atom. The second-order valence-corrected chi connectivity index (χ2v) is 10.3. The highest BCUT2D eigenvalue weighted by Gasteiger charge is 2.33. The number of hydrazine groups is 1. The lowest BCUT2D eigenvalue weighted by Gasteiger charge is -2.40. The van der Waals surface area contributed by atoms with Crippen LogP contribution in [0.5, 0.6) is 0 Å². The molecule has 2 aliphatic rings. The van der Waals surface area contributed by atoms with E-state index in [1.165, 1.54) is 0 Å². The highest BCUT2D eigenvalue weighted by Crippen LogP contribution is 2.27. The van der Waals surface area contributed by atoms with Crippen LogP contribution in [0.25, 0.3) is 0 Å². The molecule has 35 heavy (non-hydrogen) atoms. The van der Waals surface area contributed by atoms with Gasteiger partial charge in [0.1, 0.15) is 11.3 Å². The number of benzene rings is 1. The predicted molar refractivity (Wildman–Crippen MR) is 135 cm³/mol. The first-order valence-electron chi connectivity index (χ1n) is 11.8. The minimum Gasteiger partial charge on any atom is -0.444 e. The Bertz CT molecular complexity index is 1080. The van der Waals surface area contributed by atoms with Crippen LogP contribution in [0, 0.1) is 11.8 Å². The van der Waals surface area contributed by atoms with Crippen LogP contribution in [-0.2, 0) is 15.1 Å². The molecule has 1 fully saturated rings. The van der Waals surface area contributed by atoms with Gasteiger partial charge in [0.2, 0.25) is 0 Å². The molecule has 1 aromatic carbocycles. The molecule has 188 valence electrons. The van der Waals surface area contributed by atoms with Crippen molar-refractivity contribution in [2.45, 2.75) is 71.9 Å². The Kier molecular flexibility index (Phi) is 7.68. The van der Waals surface area contributed by atoms with Crippen LogP contribution >= 0.6 is 0 Å². The van der Waals surface area contributed by atoms with Crippen LogP contribution in [-0.4, -0.2) is 69.7 Å². The van der Waals surface area contributed by atoms with Crippen LogP contribution in [0.15, 0.2) is 34.3 Å². The van der Waals surface area contributed by atoms with Crippen LogP contribution in [0.3, 0.4) is 0 Å². The summed E-state index contributed by atoms with van der Waals surface area (Å²) < 4.78 is 5.48. The molecule has 0 radical (unpaired) electrons. The Labute approximate surface area is 207 Å². The maximum Gasteiger partial charge on any atom is 0.410 e. The SMILES string of the molecule is CC#CC1=NC(c2ccc(C(C)(C)O)cc2)N=C1C(=O)NN1CCN(C(=O)OC(C)(C)C)[C@H](C)C1. The normalized spacial score (nSPS) is 21.0. The van der Waals surface area contributed by atoms with E-state index < -0.39 is 17.4 Å². The van der Waals surface area contributed by atoms with E-state index in [4.69, 9.17) is 4.74 Å². The van der Waals surface area contributed by atoms with Gasteiger partial charge in [-0.1, -0.05) is 30.2 Å². The van der Waals surface area contributed by atoms with Gasteiger partial charge in [0.25, 0.3) is 5.91 Å². The number of aliphatic imine (C=N–C) groups is 2. The summed E-state index contributed by atoms with van der Waals surface area (Å²) in [4.78, 5) is 36.3. The fraction of sp³-hybridized carbons (Fsp3) is 0.538. The van der Waals surface area contributed by atoms with Crippen molar-refractivity contribution in [3.63, 3.8) is 0 Å². The zero-order valence-electron chi connectivity index (χ0n) is 21.5. The van der Waals surface area contributed by atoms with Crippen LogP contribution in [0.2, 0.25) is 0 Å². The number of hydrogen-bond donors (Lipinski definition) is 2. The maximum absolute atomic E-state index is 13.1. The highest BCUT2D eigenvalue weighted by molar-refractivity contribution is 6.71. The molecule has 2 atom stereocenters. The number of nitrogens with one attached hydrogen (secondary N) is 1. The summed E-state index contributed by atoms with van der Waals surface area (Å²) in [6, 6.07) is 7.21. The molecular weight excluding hydrogens is 446 g/mol. The lowest BCUT2D eigenvalue weighted by molar-refractivity contribution is -0.120. The zero-order valence-corrected chi connectivity index (χ0v) is 21.5. The molecule has 9 nitrogen and oxygen atoms in total. The molecule has 1 aromatic rings. The molecule has 0 aromatic heterocycles. The standard InChI is InChI=1S/C26H35N5O4/c1-8-9-20-21(28-22(27-20)18-10-12-19(13-11-18)26(6,7)34)23(32)29-30-14-15-31(17(2)16-30)24(33)35-25(3,4)5/h10-13,17,22,34H,14-16H2,1-7H3,(H,29,32)/t17-,22?/m1/s1. The molecule has 2 aliphatic heterocycles. The van der Waals surface area contributed by atoms with Gasteiger partial charge in [-0.2, -0.15) is 0 Å². The number of piperazine rings is 1. The van der Waals surface area contributed by atoms with Gasteiger partial charge in [0, 0.05) is 25.7 Å². The van der Waals surface area contributed by atoms with Crippen LogP contribution in [0.4, 0.5) is 4.79 Å². The Morgan fingerprint density at radius 1 is 1.11 bits per heavy atom. The van der Waals surface area contributed by atoms with E-state index in [1.54, 1.807) is 30.7 Å². The molecule has 1 unspecified atom stereocenters. The summed E-state index contributed by atoms with van der Waals surface area (Å²) in [5.41, 5.74) is 3.47. The Balaban J connectivity index is 1.69. The zero-order chi connectivity index (χ0) is 26.0. The number of hydrogen-bond acceptors (Lipinski definition) is 7. The topological polar surface area (TPSA) is 107 Å². The number of aliphatic hydroxyl groups is 1. The minimum atomic E-state index is -0.949. The van der Waals surface area contributed by atoms with E-state index in [0.717, 1.165) is 11.1 Å². The first-order valence-corrected chi connectivity index (χ1v) is 11.8. The van der Waals surface area contributed by atoms with Crippen molar-refractivity contribution in [2.75, 3.05) is 19.6 Å². The minimum absolute atomic E-state index is 0.143. The average Bonchev–Trinajstić information content (AvgIpc) is 3.16. The van der Waals surface area contributed by atoms with Gasteiger partial charge in [-0.05, 0) is 65.5 Å². The molecule has 2 heterocycles. The third-order valence-electron chi connectivity index (χ3n) is 5.62. The van der Waals surface area contributed by atoms with Crippen molar-refractivity contribution in [1.82, 2.24) is 15.3 Å². The number of carbonyl (C=O) groups excluding carboxylic acids is 2. The van der Waals surface area contributed by atoms with Crippen molar-refractivity contribution in [3.05, 3.63) is 35.4 Å². The predicted octanol–water partition coefficient (Wildman–Crippen LogP) is 2.80. The fourth-order valence-corrected chi connectivity index (χ4v) is 3.83. The molecule has 2 amide bonds. The van der Waals surface area contributed by atoms with Gasteiger partial charge in [-0.25, -0.2) is 19.8 Å². The van der Waals surface area contributed by atoms with E-state index >= 15 is 0 Å². The summed E-state index contributed by atoms with van der Waals surface area (Å²) in [6.07, 6.45) is -0.937. The Morgan fingerprint density at radius 3 is 2.31 bits per heavy atom. The number of carbonyl (C=O) groups is 2. The van der Waals surface area contributed by atoms with E-state index in [0.29, 0.717) is 25.3 Å². The summed E-state index contributed by atoms with van der Waals surface area (Å²) in [5, 5.41) is 12.0. The summed E-state index contributed by atoms with van der Waals surface area (Å²) in [7, 11) is 0. The number of amides is 2. The largest absolute Gasteiger partial charge is 0.444 e. The molecule has 0 saturated carbocycles. The van der Waals surface area contributed by atoms with Gasteiger partial charge in [0.15, 0.2) is 11.9 Å². The first-order chi connectivity index (χ1) is 16.3. The molecule has 2 N–H and O–H groups in total. The lowest BCUT2D eigenvalue weighted by Crippen LogP contribution is -2.60. The average molecular weight is 482 g/mol. The molecule has 9 heteroatoms. The monoisotopic (exact) mass is 481 g/mol. The number of nitrogens with zero attached hydrogens (tertiary/aromatic N) is 4. The number of ether oxygens (including phenoxy) is 1. The van der Waals surface area contributed by atoms with E-state index in [-0.39, 0.29) is 23.8 Å². The molecule has 3 rings (SSSR count). The van der Waals surface area contributed by atoms with Gasteiger partial charge in [0.05, 0.1) is 5.60 Å². The molecule has 0 spiro atoms. The van der Waals surface area contributed by atoms with Gasteiger partial charge >= 0.3 is 6.09 Å². The van der Waals surface area contributed by atoms with Gasteiger partial charge in [-0.15, -0.1) is 0 Å². The maximum atomic E-state index is 13.1. The summed E-state index contributed by atoms with van der Waals surface area (Å²) in [6.45, 7) is 13.9. The molecule has 0 aliphatic carbocycles. The molecule has 0 bridgehead atoms. The number of rotatable bonds is 4. The smallest absolute Gasteiger partial charge is 0.410 e. The second-order valence-electron chi connectivity index (χ2n) is 10.3. The Hall–Kier alpha value is -3.22. The van der Waals surface area contributed by atoms with E-state index in [2.05, 4.69) is 27.3 Å². The highest BCUT2D eigenvalue weighted by atomic mass is 16.6. The lowest BCUT2D eigenvalue weighted by atomic mass is 9.97. The van der Waals surface area contributed by atoms with Crippen molar-refractivity contribution in [1.29, 1.82) is 0 Å². The summed E-state index contributed by atoms with van der Waals surface area (Å²) >= 11 is 0. The van der Waals surface area contributed by atoms with Crippen molar-refractivity contribution >= 4 is 23.4 Å². The molecular formula is C26H35N5O4. The van der Waals surface area contributed by atoms with E-state index in [9.17, 15) is 14.7 Å². The van der Waals surface area contributed by atoms with Crippen LogP contribution in [0.1, 0.15) is 65.8 Å². The van der Waals surface area contributed by atoms with Gasteiger partial charge < -0.3 is 14.7 Å². The molecule has 1 saturated heterocycles. The van der Waals surface area contributed by atoms with Crippen molar-refractivity contribution in [2.24, 2.45) is 9.98 Å². The second kappa shape index (κ2) is 10.2. The van der Waals surface area contributed by atoms with Crippen LogP contribution < -0.4 is 5.43 Å². The third kappa shape index (κ3) is 6.68.